The molecule has 0 spiro atoms. The van der Waals surface area contributed by atoms with Crippen molar-refractivity contribution in [3.05, 3.63) is 34.6 Å². The van der Waals surface area contributed by atoms with Crippen LogP contribution in [-0.2, 0) is 4.74 Å². The molecule has 0 aliphatic carbocycles. The van der Waals surface area contributed by atoms with E-state index in [0.717, 1.165) is 6.42 Å². The van der Waals surface area contributed by atoms with Crippen molar-refractivity contribution in [2.45, 2.75) is 19.4 Å². The zero-order valence-electron chi connectivity index (χ0n) is 9.54. The van der Waals surface area contributed by atoms with Crippen LogP contribution in [0.5, 0.6) is 0 Å². The summed E-state index contributed by atoms with van der Waals surface area (Å²) in [6.45, 7) is 2.60. The Morgan fingerprint density at radius 3 is 2.81 bits per heavy atom. The Bertz CT molecular complexity index is 346. The molecule has 1 rings (SSSR count). The van der Waals surface area contributed by atoms with Gasteiger partial charge in [-0.1, -0.05) is 30.7 Å². The second-order valence-electron chi connectivity index (χ2n) is 3.93. The first-order chi connectivity index (χ1) is 7.57. The quantitative estimate of drug-likeness (QED) is 0.865. The molecular weight excluding hydrogens is 229 g/mol. The Morgan fingerprint density at radius 2 is 2.19 bits per heavy atom. The van der Waals surface area contributed by atoms with E-state index in [1.165, 1.54) is 6.07 Å². The van der Waals surface area contributed by atoms with Crippen molar-refractivity contribution in [1.29, 1.82) is 0 Å². The molecule has 0 aliphatic rings. The van der Waals surface area contributed by atoms with Gasteiger partial charge in [-0.05, 0) is 18.4 Å². The summed E-state index contributed by atoms with van der Waals surface area (Å²) in [5.41, 5.74) is 6.46. The van der Waals surface area contributed by atoms with Gasteiger partial charge in [-0.3, -0.25) is 0 Å². The highest BCUT2D eigenvalue weighted by molar-refractivity contribution is 6.30. The summed E-state index contributed by atoms with van der Waals surface area (Å²) in [7, 11) is 1.64. The average Bonchev–Trinajstić information content (AvgIpc) is 2.28. The monoisotopic (exact) mass is 245 g/mol. The number of hydrogen-bond acceptors (Lipinski definition) is 2. The van der Waals surface area contributed by atoms with Gasteiger partial charge in [0.25, 0.3) is 0 Å². The molecule has 0 amide bonds. The second-order valence-corrected chi connectivity index (χ2v) is 4.33. The lowest BCUT2D eigenvalue weighted by Crippen LogP contribution is -2.21. The van der Waals surface area contributed by atoms with Gasteiger partial charge < -0.3 is 10.5 Å². The third-order valence-electron chi connectivity index (χ3n) is 2.73. The zero-order valence-corrected chi connectivity index (χ0v) is 10.3. The lowest BCUT2D eigenvalue weighted by atomic mass is 9.92. The number of rotatable bonds is 5. The summed E-state index contributed by atoms with van der Waals surface area (Å²) in [5.74, 6) is -0.270. The summed E-state index contributed by atoms with van der Waals surface area (Å²) in [6, 6.07) is 4.56. The number of hydrogen-bond donors (Lipinski definition) is 1. The number of ether oxygens (including phenoxy) is 1. The molecule has 0 saturated carbocycles. The van der Waals surface area contributed by atoms with Crippen LogP contribution in [0.3, 0.4) is 0 Å². The molecular formula is C12H17ClFNO. The molecule has 2 atom stereocenters. The van der Waals surface area contributed by atoms with Crippen LogP contribution in [0.1, 0.15) is 24.9 Å². The van der Waals surface area contributed by atoms with E-state index >= 15 is 0 Å². The first-order valence-electron chi connectivity index (χ1n) is 5.26. The van der Waals surface area contributed by atoms with Gasteiger partial charge in [0.15, 0.2) is 0 Å². The molecule has 2 N–H and O–H groups in total. The predicted molar refractivity (Wildman–Crippen MR) is 64.0 cm³/mol. The van der Waals surface area contributed by atoms with Gasteiger partial charge in [0, 0.05) is 25.3 Å². The fraction of sp³-hybridized carbons (Fsp3) is 0.500. The molecule has 0 bridgehead atoms. The summed E-state index contributed by atoms with van der Waals surface area (Å²) in [6.07, 6.45) is 0.795. The molecule has 0 aliphatic heterocycles. The van der Waals surface area contributed by atoms with E-state index in [1.54, 1.807) is 19.2 Å². The van der Waals surface area contributed by atoms with Crippen molar-refractivity contribution in [3.8, 4) is 0 Å². The summed E-state index contributed by atoms with van der Waals surface area (Å²) in [5, 5.41) is 0.117. The van der Waals surface area contributed by atoms with Gasteiger partial charge in [0.1, 0.15) is 5.82 Å². The Labute approximate surface area is 101 Å². The molecule has 4 heteroatoms. The molecule has 2 nitrogen and oxygen atoms in total. The maximum atomic E-state index is 13.7. The molecule has 0 fully saturated rings. The first kappa shape index (κ1) is 13.4. The molecule has 0 saturated heterocycles. The number of halogens is 2. The van der Waals surface area contributed by atoms with Gasteiger partial charge in [0.2, 0.25) is 0 Å². The highest BCUT2D eigenvalue weighted by atomic mass is 35.5. The van der Waals surface area contributed by atoms with E-state index in [2.05, 4.69) is 0 Å². The molecule has 90 valence electrons. The molecule has 0 radical (unpaired) electrons. The third kappa shape index (κ3) is 3.17. The van der Waals surface area contributed by atoms with Crippen molar-refractivity contribution in [1.82, 2.24) is 0 Å². The Hall–Kier alpha value is -0.640. The average molecular weight is 246 g/mol. The van der Waals surface area contributed by atoms with Crippen molar-refractivity contribution >= 4 is 11.6 Å². The summed E-state index contributed by atoms with van der Waals surface area (Å²) < 4.78 is 18.7. The first-order valence-corrected chi connectivity index (χ1v) is 5.64. The second kappa shape index (κ2) is 6.18. The fourth-order valence-corrected chi connectivity index (χ4v) is 1.75. The van der Waals surface area contributed by atoms with Gasteiger partial charge >= 0.3 is 0 Å². The van der Waals surface area contributed by atoms with Gasteiger partial charge in [-0.25, -0.2) is 4.39 Å². The highest BCUT2D eigenvalue weighted by Crippen LogP contribution is 2.27. The van der Waals surface area contributed by atoms with Crippen LogP contribution in [0.15, 0.2) is 18.2 Å². The van der Waals surface area contributed by atoms with E-state index in [1.807, 2.05) is 6.92 Å². The van der Waals surface area contributed by atoms with Crippen LogP contribution < -0.4 is 5.73 Å². The highest BCUT2D eigenvalue weighted by Gasteiger charge is 2.19. The normalized spacial score (nSPS) is 14.8. The van der Waals surface area contributed by atoms with Crippen molar-refractivity contribution in [3.63, 3.8) is 0 Å². The van der Waals surface area contributed by atoms with E-state index in [0.29, 0.717) is 12.2 Å². The fourth-order valence-electron chi connectivity index (χ4n) is 1.57. The minimum Gasteiger partial charge on any atom is -0.385 e. The molecule has 0 aromatic heterocycles. The van der Waals surface area contributed by atoms with Gasteiger partial charge in [-0.2, -0.15) is 0 Å². The van der Waals surface area contributed by atoms with E-state index < -0.39 is 5.82 Å². The molecule has 0 heterocycles. The minimum absolute atomic E-state index is 0.117. The van der Waals surface area contributed by atoms with Crippen molar-refractivity contribution < 1.29 is 9.13 Å². The maximum Gasteiger partial charge on any atom is 0.146 e. The van der Waals surface area contributed by atoms with E-state index in [-0.39, 0.29) is 17.0 Å². The van der Waals surface area contributed by atoms with Crippen molar-refractivity contribution in [2.75, 3.05) is 13.7 Å². The SMILES string of the molecule is COCCC(C)C(N)c1cccc(Cl)c1F. The van der Waals surface area contributed by atoms with Crippen LogP contribution >= 0.6 is 11.6 Å². The van der Waals surface area contributed by atoms with E-state index in [4.69, 9.17) is 22.1 Å². The maximum absolute atomic E-state index is 13.7. The molecule has 1 aromatic rings. The topological polar surface area (TPSA) is 35.2 Å². The van der Waals surface area contributed by atoms with Crippen LogP contribution in [0.4, 0.5) is 4.39 Å². The lowest BCUT2D eigenvalue weighted by molar-refractivity contribution is 0.174. The summed E-state index contributed by atoms with van der Waals surface area (Å²) in [4.78, 5) is 0. The van der Waals surface area contributed by atoms with Gasteiger partial charge in [0.05, 0.1) is 5.02 Å². The van der Waals surface area contributed by atoms with Crippen LogP contribution in [0.25, 0.3) is 0 Å². The predicted octanol–water partition coefficient (Wildman–Crippen LogP) is 3.15. The van der Waals surface area contributed by atoms with Gasteiger partial charge in [-0.15, -0.1) is 0 Å². The van der Waals surface area contributed by atoms with E-state index in [9.17, 15) is 4.39 Å². The lowest BCUT2D eigenvalue weighted by Gasteiger charge is -2.20. The number of benzene rings is 1. The van der Waals surface area contributed by atoms with Crippen LogP contribution in [0, 0.1) is 11.7 Å². The summed E-state index contributed by atoms with van der Waals surface area (Å²) >= 11 is 5.71. The van der Waals surface area contributed by atoms with Crippen LogP contribution in [0.2, 0.25) is 5.02 Å². The Balaban J connectivity index is 2.79. The smallest absolute Gasteiger partial charge is 0.146 e. The Kier molecular flexibility index (Phi) is 5.19. The number of nitrogens with two attached hydrogens (primary N) is 1. The molecule has 1 aromatic carbocycles. The van der Waals surface area contributed by atoms with Crippen molar-refractivity contribution in [2.24, 2.45) is 11.7 Å². The zero-order chi connectivity index (χ0) is 12.1. The molecule has 2 unspecified atom stereocenters. The minimum atomic E-state index is -0.416. The third-order valence-corrected chi connectivity index (χ3v) is 3.02. The van der Waals surface area contributed by atoms with Crippen LogP contribution in [-0.4, -0.2) is 13.7 Å². The molecule has 16 heavy (non-hydrogen) atoms. The standard InChI is InChI=1S/C12H17ClFNO/c1-8(6-7-16-2)12(15)9-4-3-5-10(13)11(9)14/h3-5,8,12H,6-7,15H2,1-2H3. The largest absolute Gasteiger partial charge is 0.385 e. The number of methoxy groups -OCH3 is 1. The Morgan fingerprint density at radius 1 is 1.50 bits per heavy atom.